The number of fused-ring (bicyclic) bond motifs is 2. The lowest BCUT2D eigenvalue weighted by molar-refractivity contribution is 0.269. The Kier molecular flexibility index (Phi) is 4.49. The molecule has 2 aliphatic rings. The molecule has 1 unspecified atom stereocenters. The van der Waals surface area contributed by atoms with E-state index in [4.69, 9.17) is 0 Å². The van der Waals surface area contributed by atoms with Gasteiger partial charge in [0.15, 0.2) is 0 Å². The summed E-state index contributed by atoms with van der Waals surface area (Å²) in [5.74, 6) is 8.60. The summed E-state index contributed by atoms with van der Waals surface area (Å²) in [5, 5.41) is 5.26. The van der Waals surface area contributed by atoms with E-state index in [9.17, 15) is 0 Å². The van der Waals surface area contributed by atoms with Crippen LogP contribution in [0.15, 0.2) is 21.9 Å². The Labute approximate surface area is 143 Å². The summed E-state index contributed by atoms with van der Waals surface area (Å²) in [6, 6.07) is 2.06. The van der Waals surface area contributed by atoms with Crippen molar-refractivity contribution in [1.29, 1.82) is 0 Å². The fraction of sp³-hybridized carbons (Fsp3) is 0.500. The van der Waals surface area contributed by atoms with Crippen molar-refractivity contribution in [3.05, 3.63) is 28.1 Å². The Morgan fingerprint density at radius 1 is 1.36 bits per heavy atom. The summed E-state index contributed by atoms with van der Waals surface area (Å²) in [7, 11) is 0. The van der Waals surface area contributed by atoms with E-state index in [0.717, 1.165) is 22.3 Å². The van der Waals surface area contributed by atoms with Gasteiger partial charge < -0.3 is 4.90 Å². The molecule has 2 saturated heterocycles. The van der Waals surface area contributed by atoms with E-state index in [1.54, 1.807) is 23.1 Å². The van der Waals surface area contributed by atoms with Crippen LogP contribution in [0.25, 0.3) is 0 Å². The average Bonchev–Trinajstić information content (AvgIpc) is 3.25. The van der Waals surface area contributed by atoms with Crippen LogP contribution in [0.5, 0.6) is 0 Å². The molecule has 22 heavy (non-hydrogen) atoms. The van der Waals surface area contributed by atoms with Crippen LogP contribution in [0, 0.1) is 17.8 Å². The molecule has 0 N–H and O–H groups in total. The highest BCUT2D eigenvalue weighted by molar-refractivity contribution is 7.99. The van der Waals surface area contributed by atoms with Crippen LogP contribution in [0.3, 0.4) is 0 Å². The van der Waals surface area contributed by atoms with Crippen LogP contribution >= 0.6 is 34.8 Å². The smallest absolute Gasteiger partial charge is 0.134 e. The molecule has 0 amide bonds. The van der Waals surface area contributed by atoms with Crippen molar-refractivity contribution in [3.8, 4) is 11.8 Å². The molecule has 0 saturated carbocycles. The summed E-state index contributed by atoms with van der Waals surface area (Å²) in [6.07, 6.45) is 2.69. The first-order valence-corrected chi connectivity index (χ1v) is 10.2. The van der Waals surface area contributed by atoms with Gasteiger partial charge in [-0.05, 0) is 36.8 Å². The predicted octanol–water partition coefficient (Wildman–Crippen LogP) is 3.55. The van der Waals surface area contributed by atoms with E-state index in [0.29, 0.717) is 5.92 Å². The number of hydrogen-bond acceptors (Lipinski definition) is 6. The normalized spacial score (nSPS) is 26.6. The van der Waals surface area contributed by atoms with Crippen LogP contribution < -0.4 is 0 Å². The average molecular weight is 348 g/mol. The van der Waals surface area contributed by atoms with Gasteiger partial charge in [0.25, 0.3) is 0 Å². The second-order valence-electron chi connectivity index (χ2n) is 5.83. The van der Waals surface area contributed by atoms with Crippen molar-refractivity contribution < 1.29 is 0 Å². The molecular weight excluding hydrogens is 330 g/mol. The number of thioether (sulfide) groups is 1. The van der Waals surface area contributed by atoms with Crippen molar-refractivity contribution in [1.82, 2.24) is 13.6 Å². The molecule has 114 valence electrons. The van der Waals surface area contributed by atoms with Gasteiger partial charge in [0, 0.05) is 30.0 Å². The molecule has 4 rings (SSSR count). The highest BCUT2D eigenvalue weighted by atomic mass is 32.2. The molecule has 2 fully saturated rings. The maximum Gasteiger partial charge on any atom is 0.134 e. The summed E-state index contributed by atoms with van der Waals surface area (Å²) >= 11 is 4.79. The predicted molar refractivity (Wildman–Crippen MR) is 93.7 cm³/mol. The Balaban J connectivity index is 1.42. The van der Waals surface area contributed by atoms with Crippen molar-refractivity contribution in [3.63, 3.8) is 0 Å². The Morgan fingerprint density at radius 3 is 3.23 bits per heavy atom. The lowest BCUT2D eigenvalue weighted by Crippen LogP contribution is -2.25. The van der Waals surface area contributed by atoms with Gasteiger partial charge in [0.1, 0.15) is 5.03 Å². The number of aromatic nitrogens is 2. The molecule has 2 bridgehead atoms. The van der Waals surface area contributed by atoms with Crippen molar-refractivity contribution in [2.75, 3.05) is 25.4 Å². The first kappa shape index (κ1) is 14.7. The zero-order valence-corrected chi connectivity index (χ0v) is 14.6. The number of nitrogens with zero attached hydrogens (tertiary/aromatic N) is 3. The minimum atomic E-state index is 0.591. The summed E-state index contributed by atoms with van der Waals surface area (Å²) < 4.78 is 9.14. The van der Waals surface area contributed by atoms with Crippen LogP contribution in [-0.4, -0.2) is 39.0 Å². The lowest BCUT2D eigenvalue weighted by atomic mass is 9.89. The van der Waals surface area contributed by atoms with Gasteiger partial charge in [-0.3, -0.25) is 0 Å². The zero-order valence-electron chi connectivity index (χ0n) is 12.2. The third-order valence-corrected chi connectivity index (χ3v) is 6.64. The first-order valence-electron chi connectivity index (χ1n) is 7.59. The van der Waals surface area contributed by atoms with Gasteiger partial charge >= 0.3 is 0 Å². The molecule has 3 atom stereocenters. The first-order chi connectivity index (χ1) is 10.9. The van der Waals surface area contributed by atoms with Gasteiger partial charge in [-0.15, -0.1) is 0 Å². The molecule has 2 aromatic rings. The highest BCUT2D eigenvalue weighted by Crippen LogP contribution is 2.41. The quantitative estimate of drug-likeness (QED) is 0.627. The minimum absolute atomic E-state index is 0.591. The second-order valence-corrected chi connectivity index (χ2v) is 8.10. The highest BCUT2D eigenvalue weighted by Gasteiger charge is 2.38. The summed E-state index contributed by atoms with van der Waals surface area (Å²) in [4.78, 5) is 2.59. The minimum Gasteiger partial charge on any atom is -0.302 e. The Bertz CT molecular complexity index is 683. The van der Waals surface area contributed by atoms with E-state index in [2.05, 4.69) is 42.3 Å². The molecule has 4 heterocycles. The van der Waals surface area contributed by atoms with Crippen LogP contribution in [0.4, 0.5) is 0 Å². The molecule has 0 spiro atoms. The van der Waals surface area contributed by atoms with E-state index in [1.807, 2.05) is 0 Å². The van der Waals surface area contributed by atoms with Crippen LogP contribution in [-0.2, 0) is 0 Å². The fourth-order valence-electron chi connectivity index (χ4n) is 3.41. The monoisotopic (exact) mass is 347 g/mol. The Morgan fingerprint density at radius 2 is 2.36 bits per heavy atom. The number of piperidine rings is 1. The van der Waals surface area contributed by atoms with Crippen molar-refractivity contribution >= 4 is 34.8 Å². The van der Waals surface area contributed by atoms with E-state index < -0.39 is 0 Å². The van der Waals surface area contributed by atoms with Gasteiger partial charge in [0.2, 0.25) is 0 Å². The lowest BCUT2D eigenvalue weighted by Gasteiger charge is -2.21. The van der Waals surface area contributed by atoms with Gasteiger partial charge in [-0.25, -0.2) is 0 Å². The molecular formula is C16H17N3S3. The zero-order chi connectivity index (χ0) is 14.8. The number of thiophene rings is 1. The van der Waals surface area contributed by atoms with Crippen LogP contribution in [0.2, 0.25) is 0 Å². The SMILES string of the molecule is C(#Cc1ccsc1)CSc1nsnc1[C@@H]1CN2CCC[C@H]1C2. The van der Waals surface area contributed by atoms with Crippen molar-refractivity contribution in [2.45, 2.75) is 23.8 Å². The molecule has 2 aliphatic heterocycles. The molecule has 6 heteroatoms. The summed E-state index contributed by atoms with van der Waals surface area (Å²) in [5.41, 5.74) is 2.35. The maximum atomic E-state index is 4.62. The van der Waals surface area contributed by atoms with E-state index >= 15 is 0 Å². The number of rotatable bonds is 3. The molecule has 0 radical (unpaired) electrons. The third-order valence-electron chi connectivity index (χ3n) is 4.43. The Hall–Kier alpha value is -0.870. The third kappa shape index (κ3) is 3.09. The van der Waals surface area contributed by atoms with E-state index in [1.165, 1.54) is 49.9 Å². The molecule has 0 aromatic carbocycles. The van der Waals surface area contributed by atoms with Crippen LogP contribution in [0.1, 0.15) is 30.0 Å². The molecule has 2 aromatic heterocycles. The topological polar surface area (TPSA) is 29.0 Å². The standard InChI is InChI=1S/C16H17N3S3/c1-4-13-9-19(6-1)10-14(13)15-16(18-22-17-15)21-7-2-3-12-5-8-20-11-12/h5,8,11,13-14H,1,4,6-7,9-10H2/t13-,14+/m0/s1. The fourth-order valence-corrected chi connectivity index (χ4v) is 5.52. The number of hydrogen-bond donors (Lipinski definition) is 0. The van der Waals surface area contributed by atoms with Crippen molar-refractivity contribution in [2.24, 2.45) is 5.92 Å². The van der Waals surface area contributed by atoms with Gasteiger partial charge in [-0.1, -0.05) is 23.6 Å². The largest absolute Gasteiger partial charge is 0.302 e. The maximum absolute atomic E-state index is 4.62. The van der Waals surface area contributed by atoms with E-state index in [-0.39, 0.29) is 0 Å². The second kappa shape index (κ2) is 6.71. The van der Waals surface area contributed by atoms with Gasteiger partial charge in [-0.2, -0.15) is 20.1 Å². The van der Waals surface area contributed by atoms with Gasteiger partial charge in [0.05, 0.1) is 23.2 Å². The molecule has 0 aliphatic carbocycles. The molecule has 3 nitrogen and oxygen atoms in total. The summed E-state index contributed by atoms with van der Waals surface area (Å²) in [6.45, 7) is 3.69.